The number of aryl methyl sites for hydroxylation is 2. The molecule has 2 N–H and O–H groups in total. The molecule has 134 valence electrons. The molecule has 0 saturated carbocycles. The second kappa shape index (κ2) is 7.13. The Morgan fingerprint density at radius 3 is 2.88 bits per heavy atom. The highest BCUT2D eigenvalue weighted by molar-refractivity contribution is 5.91. The van der Waals surface area contributed by atoms with Gasteiger partial charge in [-0.2, -0.15) is 0 Å². The molecule has 0 unspecified atom stereocenters. The fraction of sp³-hybridized carbons (Fsp3) is 0.500. The average molecular weight is 343 g/mol. The maximum Gasteiger partial charge on any atom is 0.319 e. The summed E-state index contributed by atoms with van der Waals surface area (Å²) in [5.41, 5.74) is 1.73. The zero-order valence-electron chi connectivity index (χ0n) is 15.2. The summed E-state index contributed by atoms with van der Waals surface area (Å²) >= 11 is 0. The van der Waals surface area contributed by atoms with E-state index in [0.29, 0.717) is 23.9 Å². The van der Waals surface area contributed by atoms with Crippen molar-refractivity contribution in [3.8, 4) is 5.75 Å². The van der Waals surface area contributed by atoms with Gasteiger partial charge in [-0.15, -0.1) is 10.2 Å². The third-order valence-corrected chi connectivity index (χ3v) is 4.43. The standard InChI is InChI=1S/C18H25N5O2/c1-11(2)17-22-21-16-8-6-13(10-23(16)17)19-18(24)20-14-9-12(3)5-7-15(14)25-4/h5,7,9,11,13H,6,8,10H2,1-4H3,(H2,19,20,24)/t13-/m1/s1. The SMILES string of the molecule is COc1ccc(C)cc1NC(=O)N[C@@H]1CCc2nnc(C(C)C)n2C1. The number of carbonyl (C=O) groups excluding carboxylic acids is 1. The molecular formula is C18H25N5O2. The number of ether oxygens (including phenoxy) is 1. The highest BCUT2D eigenvalue weighted by Gasteiger charge is 2.25. The average Bonchev–Trinajstić information content (AvgIpc) is 2.98. The van der Waals surface area contributed by atoms with Crippen LogP contribution >= 0.6 is 0 Å². The Labute approximate surface area is 147 Å². The molecule has 1 aliphatic rings. The van der Waals surface area contributed by atoms with Crippen LogP contribution in [0.15, 0.2) is 18.2 Å². The van der Waals surface area contributed by atoms with E-state index in [9.17, 15) is 4.79 Å². The predicted octanol–water partition coefficient (Wildman–Crippen LogP) is 2.86. The summed E-state index contributed by atoms with van der Waals surface area (Å²) in [5.74, 6) is 2.93. The molecule has 1 atom stereocenters. The minimum Gasteiger partial charge on any atom is -0.495 e. The number of nitrogens with one attached hydrogen (secondary N) is 2. The number of methoxy groups -OCH3 is 1. The van der Waals surface area contributed by atoms with Gasteiger partial charge in [-0.3, -0.25) is 0 Å². The Bertz CT molecular complexity index is 769. The zero-order chi connectivity index (χ0) is 18.0. The van der Waals surface area contributed by atoms with E-state index in [4.69, 9.17) is 4.74 Å². The van der Waals surface area contributed by atoms with Crippen LogP contribution in [0, 0.1) is 6.92 Å². The van der Waals surface area contributed by atoms with Crippen LogP contribution in [0.5, 0.6) is 5.75 Å². The van der Waals surface area contributed by atoms with Crippen LogP contribution in [0.2, 0.25) is 0 Å². The summed E-state index contributed by atoms with van der Waals surface area (Å²) in [6, 6.07) is 5.52. The maximum atomic E-state index is 12.4. The van der Waals surface area contributed by atoms with Gasteiger partial charge in [-0.05, 0) is 31.0 Å². The van der Waals surface area contributed by atoms with Crippen molar-refractivity contribution in [2.75, 3.05) is 12.4 Å². The van der Waals surface area contributed by atoms with Crippen LogP contribution in [0.1, 0.15) is 43.4 Å². The van der Waals surface area contributed by atoms with Crippen LogP contribution < -0.4 is 15.4 Å². The van der Waals surface area contributed by atoms with Gasteiger partial charge < -0.3 is 19.9 Å². The summed E-state index contributed by atoms with van der Waals surface area (Å²) in [7, 11) is 1.59. The molecule has 0 aliphatic carbocycles. The Morgan fingerprint density at radius 2 is 2.16 bits per heavy atom. The van der Waals surface area contributed by atoms with Gasteiger partial charge in [0.15, 0.2) is 0 Å². The van der Waals surface area contributed by atoms with Gasteiger partial charge in [0.2, 0.25) is 0 Å². The monoisotopic (exact) mass is 343 g/mol. The molecule has 0 spiro atoms. The van der Waals surface area contributed by atoms with Crippen molar-refractivity contribution < 1.29 is 9.53 Å². The molecule has 25 heavy (non-hydrogen) atoms. The number of hydrogen-bond acceptors (Lipinski definition) is 4. The first kappa shape index (κ1) is 17.3. The van der Waals surface area contributed by atoms with Crippen molar-refractivity contribution in [1.29, 1.82) is 0 Å². The minimum atomic E-state index is -0.225. The Balaban J connectivity index is 1.66. The number of benzene rings is 1. The summed E-state index contributed by atoms with van der Waals surface area (Å²) in [4.78, 5) is 12.4. The molecule has 0 bridgehead atoms. The third kappa shape index (κ3) is 3.75. The molecule has 0 fully saturated rings. The molecule has 2 amide bonds. The van der Waals surface area contributed by atoms with E-state index in [1.807, 2.05) is 25.1 Å². The summed E-state index contributed by atoms with van der Waals surface area (Å²) < 4.78 is 7.44. The quantitative estimate of drug-likeness (QED) is 0.894. The van der Waals surface area contributed by atoms with Crippen molar-refractivity contribution in [3.63, 3.8) is 0 Å². The predicted molar refractivity (Wildman–Crippen MR) is 96.1 cm³/mol. The van der Waals surface area contributed by atoms with Gasteiger partial charge in [0.05, 0.1) is 12.8 Å². The van der Waals surface area contributed by atoms with E-state index >= 15 is 0 Å². The van der Waals surface area contributed by atoms with E-state index in [1.165, 1.54) is 0 Å². The van der Waals surface area contributed by atoms with E-state index in [2.05, 4.69) is 39.2 Å². The third-order valence-electron chi connectivity index (χ3n) is 4.43. The molecule has 2 aromatic rings. The fourth-order valence-corrected chi connectivity index (χ4v) is 3.16. The van der Waals surface area contributed by atoms with Crippen LogP contribution in [0.3, 0.4) is 0 Å². The normalized spacial score (nSPS) is 16.4. The van der Waals surface area contributed by atoms with Gasteiger partial charge in [0.1, 0.15) is 17.4 Å². The minimum absolute atomic E-state index is 0.0526. The van der Waals surface area contributed by atoms with Gasteiger partial charge in [-0.25, -0.2) is 4.79 Å². The Morgan fingerprint density at radius 1 is 1.36 bits per heavy atom. The molecule has 7 heteroatoms. The number of aromatic nitrogens is 3. The molecule has 1 aromatic heterocycles. The van der Waals surface area contributed by atoms with Gasteiger partial charge in [0.25, 0.3) is 0 Å². The Hall–Kier alpha value is -2.57. The topological polar surface area (TPSA) is 81.1 Å². The molecule has 7 nitrogen and oxygen atoms in total. The lowest BCUT2D eigenvalue weighted by Gasteiger charge is -2.26. The lowest BCUT2D eigenvalue weighted by atomic mass is 10.1. The number of amides is 2. The highest BCUT2D eigenvalue weighted by atomic mass is 16.5. The fourth-order valence-electron chi connectivity index (χ4n) is 3.16. The summed E-state index contributed by atoms with van der Waals surface area (Å²) in [6.07, 6.45) is 1.67. The number of fused-ring (bicyclic) bond motifs is 1. The molecule has 3 rings (SSSR count). The van der Waals surface area contributed by atoms with Crippen molar-refractivity contribution in [1.82, 2.24) is 20.1 Å². The number of urea groups is 1. The lowest BCUT2D eigenvalue weighted by Crippen LogP contribution is -2.43. The number of carbonyl (C=O) groups is 1. The van der Waals surface area contributed by atoms with Crippen LogP contribution in [-0.2, 0) is 13.0 Å². The summed E-state index contributed by atoms with van der Waals surface area (Å²) in [5, 5.41) is 14.5. The molecule has 1 aromatic carbocycles. The largest absolute Gasteiger partial charge is 0.495 e. The van der Waals surface area contributed by atoms with Crippen LogP contribution in [0.25, 0.3) is 0 Å². The highest BCUT2D eigenvalue weighted by Crippen LogP contribution is 2.25. The van der Waals surface area contributed by atoms with Crippen molar-refractivity contribution in [3.05, 3.63) is 35.4 Å². The van der Waals surface area contributed by atoms with E-state index in [0.717, 1.165) is 30.1 Å². The van der Waals surface area contributed by atoms with Crippen LogP contribution in [-0.4, -0.2) is 33.9 Å². The van der Waals surface area contributed by atoms with Gasteiger partial charge in [-0.1, -0.05) is 19.9 Å². The first-order valence-corrected chi connectivity index (χ1v) is 8.62. The van der Waals surface area contributed by atoms with E-state index in [-0.39, 0.29) is 12.1 Å². The zero-order valence-corrected chi connectivity index (χ0v) is 15.2. The van der Waals surface area contributed by atoms with E-state index in [1.54, 1.807) is 7.11 Å². The molecule has 2 heterocycles. The molecular weight excluding hydrogens is 318 g/mol. The van der Waals surface area contributed by atoms with Crippen molar-refractivity contribution in [2.24, 2.45) is 0 Å². The van der Waals surface area contributed by atoms with Crippen molar-refractivity contribution in [2.45, 2.75) is 52.1 Å². The lowest BCUT2D eigenvalue weighted by molar-refractivity contribution is 0.244. The van der Waals surface area contributed by atoms with Crippen LogP contribution in [0.4, 0.5) is 10.5 Å². The Kier molecular flexibility index (Phi) is 4.92. The number of nitrogens with zero attached hydrogens (tertiary/aromatic N) is 3. The van der Waals surface area contributed by atoms with Gasteiger partial charge in [0, 0.05) is 24.9 Å². The number of rotatable bonds is 4. The summed E-state index contributed by atoms with van der Waals surface area (Å²) in [6.45, 7) is 6.88. The second-order valence-corrected chi connectivity index (χ2v) is 6.78. The smallest absolute Gasteiger partial charge is 0.319 e. The molecule has 0 radical (unpaired) electrons. The first-order chi connectivity index (χ1) is 12.0. The number of hydrogen-bond donors (Lipinski definition) is 2. The van der Waals surface area contributed by atoms with E-state index < -0.39 is 0 Å². The second-order valence-electron chi connectivity index (χ2n) is 6.78. The van der Waals surface area contributed by atoms with Gasteiger partial charge >= 0.3 is 6.03 Å². The van der Waals surface area contributed by atoms with Crippen molar-refractivity contribution >= 4 is 11.7 Å². The maximum absolute atomic E-state index is 12.4. The molecule has 0 saturated heterocycles. The molecule has 1 aliphatic heterocycles. The first-order valence-electron chi connectivity index (χ1n) is 8.62. The number of anilines is 1.